The van der Waals surface area contributed by atoms with Crippen LogP contribution in [0.3, 0.4) is 0 Å². The molecule has 0 aromatic heterocycles. The number of amides is 1. The van der Waals surface area contributed by atoms with Crippen LogP contribution in [0, 0.1) is 5.82 Å². The SMILES string of the molecule is O=C(O)CN(C(=O)C(F)(F)F)c1ccc(F)cc1. The van der Waals surface area contributed by atoms with Crippen LogP contribution in [0.2, 0.25) is 0 Å². The fourth-order valence-corrected chi connectivity index (χ4v) is 1.19. The quantitative estimate of drug-likeness (QED) is 0.848. The zero-order chi connectivity index (χ0) is 13.9. The number of alkyl halides is 3. The molecule has 4 nitrogen and oxygen atoms in total. The van der Waals surface area contributed by atoms with Crippen molar-refractivity contribution in [2.45, 2.75) is 6.18 Å². The molecule has 0 heterocycles. The second-order valence-corrected chi connectivity index (χ2v) is 3.26. The van der Waals surface area contributed by atoms with E-state index >= 15 is 0 Å². The Balaban J connectivity index is 3.09. The smallest absolute Gasteiger partial charge is 0.471 e. The molecule has 0 bridgehead atoms. The number of rotatable bonds is 3. The number of halogens is 4. The Morgan fingerprint density at radius 1 is 1.17 bits per heavy atom. The number of aliphatic carboxylic acids is 1. The molecule has 0 aliphatic heterocycles. The summed E-state index contributed by atoms with van der Waals surface area (Å²) in [4.78, 5) is 21.5. The largest absolute Gasteiger partial charge is 0.480 e. The van der Waals surface area contributed by atoms with Crippen molar-refractivity contribution >= 4 is 17.6 Å². The molecular weight excluding hydrogens is 258 g/mol. The number of hydrogen-bond donors (Lipinski definition) is 1. The Bertz CT molecular complexity index is 455. The summed E-state index contributed by atoms with van der Waals surface area (Å²) in [6, 6.07) is 3.44. The van der Waals surface area contributed by atoms with Crippen molar-refractivity contribution in [3.05, 3.63) is 30.1 Å². The van der Waals surface area contributed by atoms with Gasteiger partial charge in [-0.15, -0.1) is 0 Å². The highest BCUT2D eigenvalue weighted by Gasteiger charge is 2.43. The minimum Gasteiger partial charge on any atom is -0.480 e. The molecular formula is C10H7F4NO3. The van der Waals surface area contributed by atoms with Gasteiger partial charge in [0.25, 0.3) is 0 Å². The van der Waals surface area contributed by atoms with Gasteiger partial charge in [0, 0.05) is 5.69 Å². The molecule has 1 rings (SSSR count). The summed E-state index contributed by atoms with van der Waals surface area (Å²) in [5.74, 6) is -4.65. The standard InChI is InChI=1S/C10H7F4NO3/c11-6-1-3-7(4-2-6)15(5-8(16)17)9(18)10(12,13)14/h1-4H,5H2,(H,16,17). The summed E-state index contributed by atoms with van der Waals surface area (Å²) in [5.41, 5.74) is -0.346. The van der Waals surface area contributed by atoms with E-state index in [2.05, 4.69) is 0 Å². The summed E-state index contributed by atoms with van der Waals surface area (Å²) in [6.45, 7) is -1.16. The van der Waals surface area contributed by atoms with E-state index in [4.69, 9.17) is 5.11 Å². The molecule has 0 atom stereocenters. The van der Waals surface area contributed by atoms with Gasteiger partial charge in [-0.3, -0.25) is 14.5 Å². The Morgan fingerprint density at radius 3 is 2.06 bits per heavy atom. The predicted molar refractivity (Wildman–Crippen MR) is 52.4 cm³/mol. The van der Waals surface area contributed by atoms with Crippen LogP contribution in [0.1, 0.15) is 0 Å². The topological polar surface area (TPSA) is 57.6 Å². The molecule has 0 spiro atoms. The van der Waals surface area contributed by atoms with Crippen LogP contribution in [-0.2, 0) is 9.59 Å². The van der Waals surface area contributed by atoms with Crippen LogP contribution >= 0.6 is 0 Å². The van der Waals surface area contributed by atoms with Gasteiger partial charge in [0.05, 0.1) is 0 Å². The van der Waals surface area contributed by atoms with Crippen LogP contribution in [0.25, 0.3) is 0 Å². The third kappa shape index (κ3) is 3.44. The van der Waals surface area contributed by atoms with Crippen LogP contribution in [0.5, 0.6) is 0 Å². The number of anilines is 1. The second-order valence-electron chi connectivity index (χ2n) is 3.26. The maximum atomic E-state index is 12.6. The Labute approximate surface area is 98.4 Å². The van der Waals surface area contributed by atoms with Crippen molar-refractivity contribution in [3.8, 4) is 0 Å². The molecule has 0 aliphatic carbocycles. The minimum atomic E-state index is -5.20. The number of nitrogens with zero attached hydrogens (tertiary/aromatic N) is 1. The highest BCUT2D eigenvalue weighted by molar-refractivity contribution is 6.00. The summed E-state index contributed by atoms with van der Waals surface area (Å²) >= 11 is 0. The van der Waals surface area contributed by atoms with Crippen molar-refractivity contribution in [2.24, 2.45) is 0 Å². The number of carboxylic acids is 1. The highest BCUT2D eigenvalue weighted by atomic mass is 19.4. The molecule has 1 N–H and O–H groups in total. The second kappa shape index (κ2) is 5.03. The summed E-state index contributed by atoms with van der Waals surface area (Å²) in [7, 11) is 0. The lowest BCUT2D eigenvalue weighted by molar-refractivity contribution is -0.170. The zero-order valence-electron chi connectivity index (χ0n) is 8.74. The van der Waals surface area contributed by atoms with Crippen molar-refractivity contribution in [1.29, 1.82) is 0 Å². The van der Waals surface area contributed by atoms with Gasteiger partial charge in [0.2, 0.25) is 0 Å². The minimum absolute atomic E-state index is 0.0156. The molecule has 0 aliphatic rings. The Morgan fingerprint density at radius 2 is 1.67 bits per heavy atom. The molecule has 0 unspecified atom stereocenters. The number of carbonyl (C=O) groups excluding carboxylic acids is 1. The van der Waals surface area contributed by atoms with Crippen LogP contribution in [-0.4, -0.2) is 29.7 Å². The number of hydrogen-bond acceptors (Lipinski definition) is 2. The van der Waals surface area contributed by atoms with Crippen molar-refractivity contribution in [2.75, 3.05) is 11.4 Å². The molecule has 8 heteroatoms. The zero-order valence-corrected chi connectivity index (χ0v) is 8.74. The maximum Gasteiger partial charge on any atom is 0.471 e. The van der Waals surface area contributed by atoms with Gasteiger partial charge in [0.15, 0.2) is 0 Å². The predicted octanol–water partition coefficient (Wildman–Crippen LogP) is 1.81. The maximum absolute atomic E-state index is 12.6. The van der Waals surface area contributed by atoms with Crippen molar-refractivity contribution in [1.82, 2.24) is 0 Å². The average molecular weight is 265 g/mol. The fourth-order valence-electron chi connectivity index (χ4n) is 1.19. The van der Waals surface area contributed by atoms with E-state index in [1.165, 1.54) is 0 Å². The van der Waals surface area contributed by atoms with Crippen LogP contribution in [0.4, 0.5) is 23.2 Å². The summed E-state index contributed by atoms with van der Waals surface area (Å²) in [6.07, 6.45) is -5.20. The van der Waals surface area contributed by atoms with E-state index in [1.807, 2.05) is 0 Å². The lowest BCUT2D eigenvalue weighted by atomic mass is 10.2. The molecule has 0 fully saturated rings. The third-order valence-corrected chi connectivity index (χ3v) is 1.92. The molecule has 1 amide bonds. The van der Waals surface area contributed by atoms with E-state index < -0.39 is 30.4 Å². The molecule has 0 saturated carbocycles. The lowest BCUT2D eigenvalue weighted by Gasteiger charge is -2.21. The first-order valence-corrected chi connectivity index (χ1v) is 4.58. The monoisotopic (exact) mass is 265 g/mol. The highest BCUT2D eigenvalue weighted by Crippen LogP contribution is 2.23. The molecule has 98 valence electrons. The summed E-state index contributed by atoms with van der Waals surface area (Å²) < 4.78 is 49.4. The number of carboxylic acid groups (broad SMARTS) is 1. The summed E-state index contributed by atoms with van der Waals surface area (Å²) in [5, 5.41) is 8.48. The van der Waals surface area contributed by atoms with Crippen molar-refractivity contribution < 1.29 is 32.3 Å². The van der Waals surface area contributed by atoms with Crippen LogP contribution < -0.4 is 4.90 Å². The molecule has 1 aromatic rings. The first-order chi connectivity index (χ1) is 8.21. The van der Waals surface area contributed by atoms with Gasteiger partial charge < -0.3 is 5.11 Å². The van der Waals surface area contributed by atoms with E-state index in [1.54, 1.807) is 0 Å². The molecule has 18 heavy (non-hydrogen) atoms. The normalized spacial score (nSPS) is 11.1. The number of benzene rings is 1. The Kier molecular flexibility index (Phi) is 3.89. The van der Waals surface area contributed by atoms with Gasteiger partial charge in [-0.1, -0.05) is 0 Å². The van der Waals surface area contributed by atoms with Crippen LogP contribution in [0.15, 0.2) is 24.3 Å². The fraction of sp³-hybridized carbons (Fsp3) is 0.200. The van der Waals surface area contributed by atoms with E-state index in [0.29, 0.717) is 0 Å². The van der Waals surface area contributed by atoms with E-state index in [9.17, 15) is 27.2 Å². The van der Waals surface area contributed by atoms with Gasteiger partial charge in [-0.05, 0) is 24.3 Å². The van der Waals surface area contributed by atoms with E-state index in [0.717, 1.165) is 24.3 Å². The van der Waals surface area contributed by atoms with Gasteiger partial charge in [-0.2, -0.15) is 13.2 Å². The molecule has 0 radical (unpaired) electrons. The lowest BCUT2D eigenvalue weighted by Crippen LogP contribution is -2.44. The van der Waals surface area contributed by atoms with Gasteiger partial charge in [0.1, 0.15) is 12.4 Å². The average Bonchev–Trinajstić information content (AvgIpc) is 2.25. The first-order valence-electron chi connectivity index (χ1n) is 4.58. The molecule has 0 saturated heterocycles. The molecule has 1 aromatic carbocycles. The number of carbonyl (C=O) groups is 2. The third-order valence-electron chi connectivity index (χ3n) is 1.92. The Hall–Kier alpha value is -2.12. The van der Waals surface area contributed by atoms with Crippen molar-refractivity contribution in [3.63, 3.8) is 0 Å². The van der Waals surface area contributed by atoms with Gasteiger partial charge >= 0.3 is 18.1 Å². The van der Waals surface area contributed by atoms with E-state index in [-0.39, 0.29) is 10.6 Å². The first kappa shape index (κ1) is 13.9. The van der Waals surface area contributed by atoms with Gasteiger partial charge in [-0.25, -0.2) is 4.39 Å².